The summed E-state index contributed by atoms with van der Waals surface area (Å²) in [5.74, 6) is -0.195. The van der Waals surface area contributed by atoms with Crippen LogP contribution in [-0.2, 0) is 4.74 Å². The third kappa shape index (κ3) is 4.57. The van der Waals surface area contributed by atoms with Gasteiger partial charge in [-0.2, -0.15) is 4.39 Å². The van der Waals surface area contributed by atoms with Gasteiger partial charge in [0.25, 0.3) is 0 Å². The van der Waals surface area contributed by atoms with Crippen molar-refractivity contribution in [3.8, 4) is 5.75 Å². The van der Waals surface area contributed by atoms with Crippen molar-refractivity contribution in [2.24, 2.45) is 11.8 Å². The molecule has 0 bridgehead atoms. The Morgan fingerprint density at radius 2 is 1.81 bits per heavy atom. The first-order chi connectivity index (χ1) is 12.6. The number of benzene rings is 1. The highest BCUT2D eigenvalue weighted by Crippen LogP contribution is 2.39. The maximum absolute atomic E-state index is 14.5. The largest absolute Gasteiger partial charge is 0.490 e. The molecule has 2 unspecified atom stereocenters. The van der Waals surface area contributed by atoms with Crippen LogP contribution in [0.15, 0.2) is 12.1 Å². The van der Waals surface area contributed by atoms with Crippen LogP contribution in [0.2, 0.25) is 0 Å². The maximum atomic E-state index is 14.5. The lowest BCUT2D eigenvalue weighted by Gasteiger charge is -2.37. The van der Waals surface area contributed by atoms with Crippen molar-refractivity contribution in [1.82, 2.24) is 0 Å². The van der Waals surface area contributed by atoms with Gasteiger partial charge in [-0.15, -0.1) is 0 Å². The zero-order valence-corrected chi connectivity index (χ0v) is 16.1. The Hall–Kier alpha value is -1.16. The van der Waals surface area contributed by atoms with Gasteiger partial charge >= 0.3 is 0 Å². The van der Waals surface area contributed by atoms with Crippen molar-refractivity contribution in [1.29, 1.82) is 0 Å². The van der Waals surface area contributed by atoms with E-state index in [1.807, 2.05) is 6.92 Å². The van der Waals surface area contributed by atoms with E-state index in [0.29, 0.717) is 30.8 Å². The fourth-order valence-corrected chi connectivity index (χ4v) is 4.35. The lowest BCUT2D eigenvalue weighted by atomic mass is 9.77. The van der Waals surface area contributed by atoms with E-state index in [0.717, 1.165) is 31.6 Å². The smallest absolute Gasteiger partial charge is 0.200 e. The van der Waals surface area contributed by atoms with Crippen molar-refractivity contribution in [2.45, 2.75) is 77.2 Å². The Morgan fingerprint density at radius 1 is 1.04 bits per heavy atom. The molecule has 0 amide bonds. The highest BCUT2D eigenvalue weighted by Gasteiger charge is 2.32. The molecule has 3 rings (SSSR count). The first kappa shape index (κ1) is 19.6. The first-order valence-electron chi connectivity index (χ1n) is 10.3. The molecule has 2 atom stereocenters. The van der Waals surface area contributed by atoms with Crippen LogP contribution in [0.4, 0.5) is 8.78 Å². The van der Waals surface area contributed by atoms with E-state index < -0.39 is 11.6 Å². The van der Waals surface area contributed by atoms with Crippen LogP contribution in [0.25, 0.3) is 0 Å². The third-order valence-corrected chi connectivity index (χ3v) is 6.17. The molecule has 26 heavy (non-hydrogen) atoms. The number of hydrogen-bond donors (Lipinski definition) is 0. The van der Waals surface area contributed by atoms with Gasteiger partial charge in [0.1, 0.15) is 0 Å². The van der Waals surface area contributed by atoms with Crippen LogP contribution < -0.4 is 4.74 Å². The van der Waals surface area contributed by atoms with Gasteiger partial charge in [0.05, 0.1) is 19.3 Å². The summed E-state index contributed by atoms with van der Waals surface area (Å²) in [6.45, 7) is 5.26. The lowest BCUT2D eigenvalue weighted by Crippen LogP contribution is -2.33. The molecule has 1 aliphatic heterocycles. The van der Waals surface area contributed by atoms with Gasteiger partial charge in [-0.25, -0.2) is 4.39 Å². The summed E-state index contributed by atoms with van der Waals surface area (Å²) in [5.41, 5.74) is 0.432. The van der Waals surface area contributed by atoms with Gasteiger partial charge in [-0.1, -0.05) is 39.2 Å². The van der Waals surface area contributed by atoms with Crippen LogP contribution in [-0.4, -0.2) is 19.3 Å². The third-order valence-electron chi connectivity index (χ3n) is 6.17. The second-order valence-electron chi connectivity index (χ2n) is 8.15. The molecule has 0 N–H and O–H groups in total. The van der Waals surface area contributed by atoms with E-state index in [9.17, 15) is 8.78 Å². The van der Waals surface area contributed by atoms with Crippen LogP contribution in [0.3, 0.4) is 0 Å². The Kier molecular flexibility index (Phi) is 6.91. The SMILES string of the molecule is CCCCOc1ccc(C2CCC(C3CCC(C)CC3)OC2)c(F)c1F. The fourth-order valence-electron chi connectivity index (χ4n) is 4.35. The van der Waals surface area contributed by atoms with Crippen LogP contribution in [0, 0.1) is 23.5 Å². The average molecular weight is 366 g/mol. The van der Waals surface area contributed by atoms with Crippen molar-refractivity contribution in [3.05, 3.63) is 29.3 Å². The Bertz CT molecular complexity index is 574. The van der Waals surface area contributed by atoms with Gasteiger partial charge in [0, 0.05) is 5.92 Å². The Labute approximate surface area is 156 Å². The maximum Gasteiger partial charge on any atom is 0.200 e. The summed E-state index contributed by atoms with van der Waals surface area (Å²) >= 11 is 0. The molecule has 1 aromatic rings. The molecule has 1 saturated carbocycles. The van der Waals surface area contributed by atoms with E-state index >= 15 is 0 Å². The summed E-state index contributed by atoms with van der Waals surface area (Å²) in [5, 5.41) is 0. The van der Waals surface area contributed by atoms with Gasteiger partial charge in [-0.3, -0.25) is 0 Å². The summed E-state index contributed by atoms with van der Waals surface area (Å²) in [4.78, 5) is 0. The molecule has 2 aliphatic rings. The summed E-state index contributed by atoms with van der Waals surface area (Å²) in [7, 11) is 0. The van der Waals surface area contributed by atoms with Gasteiger partial charge in [0.2, 0.25) is 5.82 Å². The Balaban J connectivity index is 1.58. The van der Waals surface area contributed by atoms with E-state index in [-0.39, 0.29) is 11.7 Å². The number of ether oxygens (including phenoxy) is 2. The van der Waals surface area contributed by atoms with Gasteiger partial charge in [0.15, 0.2) is 11.6 Å². The van der Waals surface area contributed by atoms with E-state index in [4.69, 9.17) is 9.47 Å². The van der Waals surface area contributed by atoms with Gasteiger partial charge in [-0.05, 0) is 55.6 Å². The minimum atomic E-state index is -0.859. The quantitative estimate of drug-likeness (QED) is 0.555. The average Bonchev–Trinajstić information content (AvgIpc) is 2.66. The Morgan fingerprint density at radius 3 is 2.46 bits per heavy atom. The molecular formula is C22H32F2O2. The van der Waals surface area contributed by atoms with Crippen molar-refractivity contribution < 1.29 is 18.3 Å². The molecule has 0 radical (unpaired) electrons. The number of unbranched alkanes of at least 4 members (excludes halogenated alkanes) is 1. The van der Waals surface area contributed by atoms with Crippen molar-refractivity contribution in [2.75, 3.05) is 13.2 Å². The number of hydrogen-bond acceptors (Lipinski definition) is 2. The number of halogens is 2. The summed E-state index contributed by atoms with van der Waals surface area (Å²) < 4.78 is 40.3. The molecule has 1 aromatic carbocycles. The van der Waals surface area contributed by atoms with Crippen molar-refractivity contribution >= 4 is 0 Å². The first-order valence-corrected chi connectivity index (χ1v) is 10.3. The van der Waals surface area contributed by atoms with Crippen LogP contribution in [0.1, 0.15) is 76.7 Å². The fraction of sp³-hybridized carbons (Fsp3) is 0.727. The topological polar surface area (TPSA) is 18.5 Å². The standard InChI is InChI=1S/C22H32F2O2/c1-3-4-13-25-20-12-10-18(21(23)22(20)24)17-9-11-19(26-14-17)16-7-5-15(2)6-8-16/h10,12,15-17,19H,3-9,11,13-14H2,1-2H3. The molecular weight excluding hydrogens is 334 g/mol. The predicted octanol–water partition coefficient (Wildman–Crippen LogP) is 6.23. The molecule has 0 aromatic heterocycles. The highest BCUT2D eigenvalue weighted by molar-refractivity contribution is 5.33. The molecule has 2 fully saturated rings. The second-order valence-corrected chi connectivity index (χ2v) is 8.15. The van der Waals surface area contributed by atoms with E-state index in [1.54, 1.807) is 12.1 Å². The van der Waals surface area contributed by atoms with Crippen LogP contribution >= 0.6 is 0 Å². The molecule has 1 heterocycles. The lowest BCUT2D eigenvalue weighted by molar-refractivity contribution is -0.0432. The number of rotatable bonds is 6. The summed E-state index contributed by atoms with van der Waals surface area (Å²) in [6.07, 6.45) is 8.95. The zero-order valence-electron chi connectivity index (χ0n) is 16.1. The predicted molar refractivity (Wildman–Crippen MR) is 99.6 cm³/mol. The molecule has 1 saturated heterocycles. The second kappa shape index (κ2) is 9.16. The normalized spacial score (nSPS) is 29.5. The monoisotopic (exact) mass is 366 g/mol. The molecule has 1 aliphatic carbocycles. The molecule has 0 spiro atoms. The molecule has 4 heteroatoms. The van der Waals surface area contributed by atoms with Crippen molar-refractivity contribution in [3.63, 3.8) is 0 Å². The minimum absolute atomic E-state index is 0.0191. The highest BCUT2D eigenvalue weighted by atomic mass is 19.2. The molecule has 2 nitrogen and oxygen atoms in total. The zero-order chi connectivity index (χ0) is 18.5. The van der Waals surface area contributed by atoms with Crippen LogP contribution in [0.5, 0.6) is 5.75 Å². The van der Waals surface area contributed by atoms with E-state index in [1.165, 1.54) is 25.7 Å². The summed E-state index contributed by atoms with van der Waals surface area (Å²) in [6, 6.07) is 3.24. The van der Waals surface area contributed by atoms with E-state index in [2.05, 4.69) is 6.92 Å². The molecule has 146 valence electrons. The van der Waals surface area contributed by atoms with Gasteiger partial charge < -0.3 is 9.47 Å². The minimum Gasteiger partial charge on any atom is -0.490 e.